The van der Waals surface area contributed by atoms with E-state index in [1.807, 2.05) is 42.8 Å². The maximum atomic E-state index is 12.3. The molecule has 0 N–H and O–H groups in total. The number of carbonyl (C=O) groups excluding carboxylic acids is 1. The molecule has 1 aromatic heterocycles. The van der Waals surface area contributed by atoms with E-state index >= 15 is 0 Å². The zero-order chi connectivity index (χ0) is 13.1. The number of halogens is 2. The molecule has 1 heterocycles. The van der Waals surface area contributed by atoms with Gasteiger partial charge >= 0.3 is 0 Å². The van der Waals surface area contributed by atoms with Crippen LogP contribution in [0.15, 0.2) is 40.2 Å². The lowest BCUT2D eigenvalue weighted by atomic mass is 10.2. The number of nitrogens with zero attached hydrogens (tertiary/aromatic N) is 1. The predicted octanol–water partition coefficient (Wildman–Crippen LogP) is 4.39. The van der Waals surface area contributed by atoms with Crippen molar-refractivity contribution >= 4 is 55.8 Å². The van der Waals surface area contributed by atoms with Gasteiger partial charge in [0, 0.05) is 25.3 Å². The van der Waals surface area contributed by atoms with E-state index in [9.17, 15) is 4.79 Å². The van der Waals surface area contributed by atoms with Crippen molar-refractivity contribution in [1.82, 2.24) is 4.90 Å². The summed E-state index contributed by atoms with van der Waals surface area (Å²) in [5.74, 6) is 0.0597. The summed E-state index contributed by atoms with van der Waals surface area (Å²) in [5.41, 5.74) is 0.760. The standard InChI is InChI=1S/C13H11BrINOS/c1-16(7-10-6-9(14)8-18-10)13(17)11-4-2-3-5-12(11)15/h2-6,8H,7H2,1H3. The number of rotatable bonds is 3. The van der Waals surface area contributed by atoms with Crippen molar-refractivity contribution in [2.24, 2.45) is 0 Å². The van der Waals surface area contributed by atoms with Crippen LogP contribution in [-0.2, 0) is 6.54 Å². The van der Waals surface area contributed by atoms with Gasteiger partial charge in [-0.2, -0.15) is 0 Å². The second-order valence-corrected chi connectivity index (χ2v) is 6.95. The van der Waals surface area contributed by atoms with E-state index in [0.29, 0.717) is 6.54 Å². The van der Waals surface area contributed by atoms with E-state index in [2.05, 4.69) is 38.5 Å². The maximum absolute atomic E-state index is 12.3. The Balaban J connectivity index is 2.12. The van der Waals surface area contributed by atoms with E-state index in [4.69, 9.17) is 0 Å². The van der Waals surface area contributed by atoms with Crippen molar-refractivity contribution in [3.05, 3.63) is 54.2 Å². The molecule has 2 rings (SSSR count). The normalized spacial score (nSPS) is 10.4. The summed E-state index contributed by atoms with van der Waals surface area (Å²) in [6, 6.07) is 9.69. The Bertz CT molecular complexity index is 570. The lowest BCUT2D eigenvalue weighted by Crippen LogP contribution is -2.26. The molecule has 0 aliphatic heterocycles. The number of carbonyl (C=O) groups is 1. The molecule has 0 radical (unpaired) electrons. The number of hydrogen-bond donors (Lipinski definition) is 0. The Kier molecular flexibility index (Phi) is 4.80. The van der Waals surface area contributed by atoms with E-state index in [1.165, 1.54) is 4.88 Å². The van der Waals surface area contributed by atoms with Gasteiger partial charge in [-0.3, -0.25) is 4.79 Å². The molecule has 5 heteroatoms. The summed E-state index contributed by atoms with van der Waals surface area (Å²) >= 11 is 7.27. The van der Waals surface area contributed by atoms with E-state index in [1.54, 1.807) is 16.2 Å². The molecule has 0 saturated carbocycles. The van der Waals surface area contributed by atoms with Crippen molar-refractivity contribution in [3.8, 4) is 0 Å². The highest BCUT2D eigenvalue weighted by atomic mass is 127. The van der Waals surface area contributed by atoms with Crippen LogP contribution >= 0.6 is 49.9 Å². The van der Waals surface area contributed by atoms with E-state index < -0.39 is 0 Å². The van der Waals surface area contributed by atoms with Crippen molar-refractivity contribution in [1.29, 1.82) is 0 Å². The van der Waals surface area contributed by atoms with Crippen LogP contribution in [0.3, 0.4) is 0 Å². The van der Waals surface area contributed by atoms with Crippen LogP contribution in [0.25, 0.3) is 0 Å². The highest BCUT2D eigenvalue weighted by molar-refractivity contribution is 14.1. The fraction of sp³-hybridized carbons (Fsp3) is 0.154. The maximum Gasteiger partial charge on any atom is 0.254 e. The Morgan fingerprint density at radius 2 is 2.17 bits per heavy atom. The Labute approximate surface area is 132 Å². The fourth-order valence-electron chi connectivity index (χ4n) is 1.58. The zero-order valence-electron chi connectivity index (χ0n) is 9.69. The average molecular weight is 436 g/mol. The minimum absolute atomic E-state index is 0.0597. The lowest BCUT2D eigenvalue weighted by Gasteiger charge is -2.17. The van der Waals surface area contributed by atoms with Crippen molar-refractivity contribution < 1.29 is 4.79 Å². The summed E-state index contributed by atoms with van der Waals surface area (Å²) in [6.45, 7) is 0.639. The molecule has 0 saturated heterocycles. The van der Waals surface area contributed by atoms with Gasteiger partial charge in [-0.25, -0.2) is 0 Å². The molecule has 1 aromatic carbocycles. The van der Waals surface area contributed by atoms with Gasteiger partial charge in [-0.05, 0) is 56.7 Å². The average Bonchev–Trinajstić information content (AvgIpc) is 2.74. The number of hydrogen-bond acceptors (Lipinski definition) is 2. The molecule has 0 fully saturated rings. The SMILES string of the molecule is CN(Cc1cc(Br)cs1)C(=O)c1ccccc1I. The van der Waals surface area contributed by atoms with Crippen LogP contribution in [-0.4, -0.2) is 17.9 Å². The first-order chi connectivity index (χ1) is 8.58. The Morgan fingerprint density at radius 1 is 1.44 bits per heavy atom. The van der Waals surface area contributed by atoms with Gasteiger partial charge in [0.05, 0.1) is 12.1 Å². The monoisotopic (exact) mass is 435 g/mol. The predicted molar refractivity (Wildman–Crippen MR) is 87.0 cm³/mol. The van der Waals surface area contributed by atoms with Crippen LogP contribution in [0.2, 0.25) is 0 Å². The van der Waals surface area contributed by atoms with Crippen molar-refractivity contribution in [2.45, 2.75) is 6.54 Å². The molecule has 0 aliphatic carbocycles. The molecule has 18 heavy (non-hydrogen) atoms. The topological polar surface area (TPSA) is 20.3 Å². The number of benzene rings is 1. The van der Waals surface area contributed by atoms with Crippen LogP contribution in [0.1, 0.15) is 15.2 Å². The van der Waals surface area contributed by atoms with Gasteiger partial charge in [-0.1, -0.05) is 12.1 Å². The van der Waals surface area contributed by atoms with Crippen LogP contribution in [0.5, 0.6) is 0 Å². The first-order valence-electron chi connectivity index (χ1n) is 5.31. The second-order valence-electron chi connectivity index (χ2n) is 3.87. The summed E-state index contributed by atoms with van der Waals surface area (Å²) in [6.07, 6.45) is 0. The minimum atomic E-state index is 0.0597. The molecule has 0 spiro atoms. The van der Waals surface area contributed by atoms with Crippen LogP contribution < -0.4 is 0 Å². The molecule has 0 unspecified atom stereocenters. The fourth-order valence-corrected chi connectivity index (χ4v) is 3.70. The van der Waals surface area contributed by atoms with Crippen molar-refractivity contribution in [2.75, 3.05) is 7.05 Å². The molecule has 0 bridgehead atoms. The lowest BCUT2D eigenvalue weighted by molar-refractivity contribution is 0.0785. The molecule has 94 valence electrons. The summed E-state index contributed by atoms with van der Waals surface area (Å²) < 4.78 is 2.05. The van der Waals surface area contributed by atoms with Gasteiger partial charge in [0.25, 0.3) is 5.91 Å². The molecule has 2 aromatic rings. The Morgan fingerprint density at radius 3 is 2.78 bits per heavy atom. The number of amides is 1. The zero-order valence-corrected chi connectivity index (χ0v) is 14.3. The third kappa shape index (κ3) is 3.33. The minimum Gasteiger partial charge on any atom is -0.337 e. The summed E-state index contributed by atoms with van der Waals surface area (Å²) in [7, 11) is 1.83. The highest BCUT2D eigenvalue weighted by Crippen LogP contribution is 2.22. The smallest absolute Gasteiger partial charge is 0.254 e. The van der Waals surface area contributed by atoms with Crippen molar-refractivity contribution in [3.63, 3.8) is 0 Å². The third-order valence-electron chi connectivity index (χ3n) is 2.47. The second kappa shape index (κ2) is 6.16. The van der Waals surface area contributed by atoms with Gasteiger partial charge in [0.1, 0.15) is 0 Å². The van der Waals surface area contributed by atoms with E-state index in [0.717, 1.165) is 13.6 Å². The molecular formula is C13H11BrINOS. The Hall–Kier alpha value is -0.400. The van der Waals surface area contributed by atoms with Crippen LogP contribution in [0.4, 0.5) is 0 Å². The molecular weight excluding hydrogens is 425 g/mol. The first-order valence-corrected chi connectivity index (χ1v) is 8.06. The molecule has 2 nitrogen and oxygen atoms in total. The molecule has 1 amide bonds. The summed E-state index contributed by atoms with van der Waals surface area (Å²) in [5, 5.41) is 2.03. The first kappa shape index (κ1) is 14.0. The molecule has 0 aliphatic rings. The highest BCUT2D eigenvalue weighted by Gasteiger charge is 2.15. The quantitative estimate of drug-likeness (QED) is 0.655. The molecule has 0 atom stereocenters. The third-order valence-corrected chi connectivity index (χ3v) is 5.09. The van der Waals surface area contributed by atoms with Crippen LogP contribution in [0, 0.1) is 3.57 Å². The van der Waals surface area contributed by atoms with Gasteiger partial charge in [0.15, 0.2) is 0 Å². The van der Waals surface area contributed by atoms with Gasteiger partial charge < -0.3 is 4.90 Å². The van der Waals surface area contributed by atoms with Gasteiger partial charge in [0.2, 0.25) is 0 Å². The number of thiophene rings is 1. The van der Waals surface area contributed by atoms with E-state index in [-0.39, 0.29) is 5.91 Å². The van der Waals surface area contributed by atoms with Gasteiger partial charge in [-0.15, -0.1) is 11.3 Å². The summed E-state index contributed by atoms with van der Waals surface area (Å²) in [4.78, 5) is 15.2. The largest absolute Gasteiger partial charge is 0.337 e.